The molecule has 27 heavy (non-hydrogen) atoms. The van der Waals surface area contributed by atoms with Crippen LogP contribution >= 0.6 is 0 Å². The van der Waals surface area contributed by atoms with Crippen LogP contribution in [0.3, 0.4) is 0 Å². The molecule has 0 atom stereocenters. The van der Waals surface area contributed by atoms with Crippen LogP contribution in [0, 0.1) is 0 Å². The number of rotatable bonds is 4. The lowest BCUT2D eigenvalue weighted by atomic mass is 10.1. The number of pyridine rings is 1. The van der Waals surface area contributed by atoms with Gasteiger partial charge in [-0.3, -0.25) is 9.59 Å². The van der Waals surface area contributed by atoms with Gasteiger partial charge >= 0.3 is 5.97 Å². The van der Waals surface area contributed by atoms with Gasteiger partial charge in [-0.1, -0.05) is 30.0 Å². The predicted molar refractivity (Wildman–Crippen MR) is 97.3 cm³/mol. The summed E-state index contributed by atoms with van der Waals surface area (Å²) in [6.07, 6.45) is 6.11. The van der Waals surface area contributed by atoms with E-state index in [1.54, 1.807) is 18.2 Å². The lowest BCUT2D eigenvalue weighted by Crippen LogP contribution is -2.33. The fourth-order valence-electron chi connectivity index (χ4n) is 3.60. The number of benzene rings is 1. The van der Waals surface area contributed by atoms with Gasteiger partial charge in [-0.15, -0.1) is 0 Å². The number of hydroxylamine groups is 2. The van der Waals surface area contributed by atoms with Gasteiger partial charge in [-0.2, -0.15) is 0 Å². The zero-order valence-corrected chi connectivity index (χ0v) is 14.9. The number of fused-ring (bicyclic) bond motifs is 1. The third-order valence-corrected chi connectivity index (χ3v) is 5.15. The minimum absolute atomic E-state index is 0.228. The normalized spacial score (nSPS) is 16.6. The first kappa shape index (κ1) is 17.2. The van der Waals surface area contributed by atoms with Crippen LogP contribution in [0.4, 0.5) is 5.82 Å². The summed E-state index contributed by atoms with van der Waals surface area (Å²) in [4.78, 5) is 48.7. The van der Waals surface area contributed by atoms with Crippen LogP contribution in [0.15, 0.2) is 42.6 Å². The molecule has 1 saturated carbocycles. The Hall–Kier alpha value is -3.22. The zero-order chi connectivity index (χ0) is 19.0. The monoisotopic (exact) mass is 365 g/mol. The maximum absolute atomic E-state index is 12.5. The van der Waals surface area contributed by atoms with Gasteiger partial charge in [0.25, 0.3) is 11.8 Å². The molecule has 1 aromatic carbocycles. The van der Waals surface area contributed by atoms with Crippen LogP contribution in [0.2, 0.25) is 0 Å². The molecule has 0 bridgehead atoms. The summed E-state index contributed by atoms with van der Waals surface area (Å²) in [5.41, 5.74) is 0.694. The maximum Gasteiger partial charge on any atom is 0.364 e. The molecule has 1 aliphatic heterocycles. The Labute approximate surface area is 156 Å². The highest BCUT2D eigenvalue weighted by Gasteiger charge is 2.38. The molecule has 0 saturated heterocycles. The molecule has 0 unspecified atom stereocenters. The molecule has 0 N–H and O–H groups in total. The molecule has 0 radical (unpaired) electrons. The molecule has 1 aromatic heterocycles. The number of imide groups is 1. The van der Waals surface area contributed by atoms with Crippen molar-refractivity contribution in [2.24, 2.45) is 0 Å². The van der Waals surface area contributed by atoms with Crippen molar-refractivity contribution in [1.82, 2.24) is 10.0 Å². The van der Waals surface area contributed by atoms with E-state index >= 15 is 0 Å². The fourth-order valence-corrected chi connectivity index (χ4v) is 3.60. The van der Waals surface area contributed by atoms with Crippen LogP contribution in [0.5, 0.6) is 0 Å². The Kier molecular flexibility index (Phi) is 4.35. The topological polar surface area (TPSA) is 79.8 Å². The van der Waals surface area contributed by atoms with Crippen molar-refractivity contribution in [2.75, 3.05) is 11.9 Å². The SMILES string of the molecule is CN(c1cc(C(=O)ON2C(=O)c3ccccc3C2=O)ccn1)C1CCCC1. The quantitative estimate of drug-likeness (QED) is 0.775. The number of amides is 2. The molecule has 4 rings (SSSR count). The van der Waals surface area contributed by atoms with E-state index in [1.807, 2.05) is 7.05 Å². The smallest absolute Gasteiger partial charge is 0.357 e. The Morgan fingerprint density at radius 3 is 2.37 bits per heavy atom. The summed E-state index contributed by atoms with van der Waals surface area (Å²) >= 11 is 0. The summed E-state index contributed by atoms with van der Waals surface area (Å²) in [6.45, 7) is 0. The molecule has 1 aliphatic carbocycles. The van der Waals surface area contributed by atoms with E-state index in [0.29, 0.717) is 16.9 Å². The highest BCUT2D eigenvalue weighted by Crippen LogP contribution is 2.27. The minimum atomic E-state index is -0.770. The van der Waals surface area contributed by atoms with Crippen LogP contribution < -0.4 is 4.90 Å². The van der Waals surface area contributed by atoms with Crippen molar-refractivity contribution in [3.8, 4) is 0 Å². The third kappa shape index (κ3) is 3.05. The predicted octanol–water partition coefficient (Wildman–Crippen LogP) is 2.83. The van der Waals surface area contributed by atoms with Gasteiger partial charge < -0.3 is 9.74 Å². The molecule has 2 heterocycles. The Bertz CT molecular complexity index is 886. The van der Waals surface area contributed by atoms with E-state index in [2.05, 4.69) is 9.88 Å². The van der Waals surface area contributed by atoms with Crippen molar-refractivity contribution < 1.29 is 19.2 Å². The molecule has 2 aliphatic rings. The molecule has 138 valence electrons. The van der Waals surface area contributed by atoms with E-state index in [4.69, 9.17) is 4.84 Å². The minimum Gasteiger partial charge on any atom is -0.357 e. The van der Waals surface area contributed by atoms with E-state index in [1.165, 1.54) is 37.2 Å². The highest BCUT2D eigenvalue weighted by atomic mass is 16.7. The van der Waals surface area contributed by atoms with E-state index in [-0.39, 0.29) is 16.7 Å². The zero-order valence-electron chi connectivity index (χ0n) is 14.9. The molecular weight excluding hydrogens is 346 g/mol. The third-order valence-electron chi connectivity index (χ3n) is 5.15. The second-order valence-electron chi connectivity index (χ2n) is 6.78. The maximum atomic E-state index is 12.5. The lowest BCUT2D eigenvalue weighted by molar-refractivity contribution is -0.0584. The first-order chi connectivity index (χ1) is 13.1. The molecule has 7 nitrogen and oxygen atoms in total. The highest BCUT2D eigenvalue weighted by molar-refractivity contribution is 6.21. The summed E-state index contributed by atoms with van der Waals surface area (Å²) in [5, 5.41) is 0.522. The number of carbonyl (C=O) groups excluding carboxylic acids is 3. The second-order valence-corrected chi connectivity index (χ2v) is 6.78. The van der Waals surface area contributed by atoms with Crippen molar-refractivity contribution in [3.05, 3.63) is 59.3 Å². The van der Waals surface area contributed by atoms with Crippen molar-refractivity contribution in [1.29, 1.82) is 0 Å². The largest absolute Gasteiger partial charge is 0.364 e. The molecule has 2 amide bonds. The van der Waals surface area contributed by atoms with E-state index in [9.17, 15) is 14.4 Å². The van der Waals surface area contributed by atoms with Gasteiger partial charge in [0.2, 0.25) is 0 Å². The Morgan fingerprint density at radius 2 is 1.74 bits per heavy atom. The lowest BCUT2D eigenvalue weighted by Gasteiger charge is -2.25. The number of carbonyl (C=O) groups is 3. The summed E-state index contributed by atoms with van der Waals surface area (Å²) < 4.78 is 0. The number of hydrogen-bond acceptors (Lipinski definition) is 6. The molecular formula is C20H19N3O4. The average Bonchev–Trinajstić information content (AvgIpc) is 3.32. The molecule has 7 heteroatoms. The molecule has 0 spiro atoms. The second kappa shape index (κ2) is 6.83. The van der Waals surface area contributed by atoms with Gasteiger partial charge in [0.15, 0.2) is 0 Å². The van der Waals surface area contributed by atoms with Gasteiger partial charge in [0, 0.05) is 19.3 Å². The van der Waals surface area contributed by atoms with Gasteiger partial charge in [0.05, 0.1) is 16.7 Å². The average molecular weight is 365 g/mol. The first-order valence-electron chi connectivity index (χ1n) is 8.95. The Balaban J connectivity index is 1.52. The van der Waals surface area contributed by atoms with E-state index < -0.39 is 17.8 Å². The Morgan fingerprint density at radius 1 is 1.11 bits per heavy atom. The van der Waals surface area contributed by atoms with E-state index in [0.717, 1.165) is 12.8 Å². The fraction of sp³-hybridized carbons (Fsp3) is 0.300. The van der Waals surface area contributed by atoms with Crippen LogP contribution in [0.25, 0.3) is 0 Å². The van der Waals surface area contributed by atoms with Gasteiger partial charge in [0.1, 0.15) is 5.82 Å². The molecule has 2 aromatic rings. The number of nitrogens with zero attached hydrogens (tertiary/aromatic N) is 3. The van der Waals surface area contributed by atoms with Crippen molar-refractivity contribution >= 4 is 23.6 Å². The van der Waals surface area contributed by atoms with Gasteiger partial charge in [-0.25, -0.2) is 9.78 Å². The van der Waals surface area contributed by atoms with Crippen LogP contribution in [0.1, 0.15) is 56.8 Å². The van der Waals surface area contributed by atoms with Crippen LogP contribution in [-0.4, -0.2) is 40.9 Å². The number of aromatic nitrogens is 1. The summed E-state index contributed by atoms with van der Waals surface area (Å²) in [7, 11) is 1.96. The van der Waals surface area contributed by atoms with Crippen molar-refractivity contribution in [3.63, 3.8) is 0 Å². The number of hydrogen-bond donors (Lipinski definition) is 0. The van der Waals surface area contributed by atoms with Gasteiger partial charge in [-0.05, 0) is 37.1 Å². The standard InChI is InChI=1S/C20H19N3O4/c1-22(14-6-2-3-7-14)17-12-13(10-11-21-17)20(26)27-23-18(24)15-8-4-5-9-16(15)19(23)25/h4-5,8-12,14H,2-3,6-7H2,1H3. The van der Waals surface area contributed by atoms with Crippen molar-refractivity contribution in [2.45, 2.75) is 31.7 Å². The molecule has 1 fully saturated rings. The van der Waals surface area contributed by atoms with Crippen LogP contribution in [-0.2, 0) is 4.84 Å². The summed E-state index contributed by atoms with van der Waals surface area (Å²) in [6, 6.07) is 9.91. The first-order valence-corrected chi connectivity index (χ1v) is 8.95. The number of anilines is 1. The summed E-state index contributed by atoms with van der Waals surface area (Å²) in [5.74, 6) is -1.38.